The van der Waals surface area contributed by atoms with Crippen molar-refractivity contribution in [3.05, 3.63) is 22.4 Å². The van der Waals surface area contributed by atoms with Crippen molar-refractivity contribution in [1.82, 2.24) is 4.90 Å². The maximum absolute atomic E-state index is 10.7. The van der Waals surface area contributed by atoms with Crippen LogP contribution in [0.3, 0.4) is 0 Å². The third kappa shape index (κ3) is 4.01. The van der Waals surface area contributed by atoms with E-state index in [4.69, 9.17) is 5.11 Å². The van der Waals surface area contributed by atoms with E-state index in [1.807, 2.05) is 43.2 Å². The monoisotopic (exact) mass is 227 g/mol. The summed E-state index contributed by atoms with van der Waals surface area (Å²) in [5, 5.41) is 10.8. The van der Waals surface area contributed by atoms with Gasteiger partial charge in [-0.3, -0.25) is 9.69 Å². The number of hydrogen-bond donors (Lipinski definition) is 1. The van der Waals surface area contributed by atoms with Crippen molar-refractivity contribution in [2.45, 2.75) is 32.9 Å². The van der Waals surface area contributed by atoms with Gasteiger partial charge in [0, 0.05) is 17.0 Å². The van der Waals surface area contributed by atoms with Gasteiger partial charge >= 0.3 is 5.97 Å². The topological polar surface area (TPSA) is 40.5 Å². The van der Waals surface area contributed by atoms with E-state index < -0.39 is 5.97 Å². The summed E-state index contributed by atoms with van der Waals surface area (Å²) in [4.78, 5) is 13.9. The summed E-state index contributed by atoms with van der Waals surface area (Å²) in [5.41, 5.74) is -0.123. The first-order valence-electron chi connectivity index (χ1n) is 4.89. The van der Waals surface area contributed by atoms with Crippen LogP contribution in [0.15, 0.2) is 17.5 Å². The highest BCUT2D eigenvalue weighted by Crippen LogP contribution is 2.19. The van der Waals surface area contributed by atoms with Crippen LogP contribution in [0.2, 0.25) is 0 Å². The Hall–Kier alpha value is -0.870. The van der Waals surface area contributed by atoms with Crippen molar-refractivity contribution >= 4 is 17.3 Å². The zero-order chi connectivity index (χ0) is 11.5. The van der Waals surface area contributed by atoms with Gasteiger partial charge in [-0.1, -0.05) is 6.07 Å². The SMILES string of the molecule is CC(C)(C)N(CC(=O)O)Cc1cccs1. The molecule has 0 atom stereocenters. The number of rotatable bonds is 4. The van der Waals surface area contributed by atoms with E-state index in [2.05, 4.69) is 0 Å². The largest absolute Gasteiger partial charge is 0.480 e. The van der Waals surface area contributed by atoms with Gasteiger partial charge in [-0.15, -0.1) is 11.3 Å². The minimum Gasteiger partial charge on any atom is -0.480 e. The average Bonchev–Trinajstić information content (AvgIpc) is 2.53. The molecule has 0 saturated heterocycles. The zero-order valence-corrected chi connectivity index (χ0v) is 10.2. The first-order chi connectivity index (χ1) is 6.89. The minimum atomic E-state index is -0.776. The van der Waals surface area contributed by atoms with Crippen LogP contribution in [0, 0.1) is 0 Å². The molecule has 1 N–H and O–H groups in total. The van der Waals surface area contributed by atoms with Gasteiger partial charge in [-0.25, -0.2) is 0 Å². The molecule has 0 aliphatic heterocycles. The van der Waals surface area contributed by atoms with Gasteiger partial charge in [0.25, 0.3) is 0 Å². The van der Waals surface area contributed by atoms with E-state index in [-0.39, 0.29) is 12.1 Å². The lowest BCUT2D eigenvalue weighted by atomic mass is 10.1. The zero-order valence-electron chi connectivity index (χ0n) is 9.36. The van der Waals surface area contributed by atoms with E-state index >= 15 is 0 Å². The van der Waals surface area contributed by atoms with E-state index in [0.717, 1.165) is 0 Å². The number of nitrogens with zero attached hydrogens (tertiary/aromatic N) is 1. The second kappa shape index (κ2) is 4.77. The summed E-state index contributed by atoms with van der Waals surface area (Å²) in [6, 6.07) is 4.02. The molecule has 0 saturated carbocycles. The van der Waals surface area contributed by atoms with Gasteiger partial charge in [0.05, 0.1) is 6.54 Å². The van der Waals surface area contributed by atoms with Crippen LogP contribution >= 0.6 is 11.3 Å². The molecule has 0 spiro atoms. The Morgan fingerprint density at radius 2 is 2.20 bits per heavy atom. The van der Waals surface area contributed by atoms with Crippen LogP contribution < -0.4 is 0 Å². The molecule has 3 nitrogen and oxygen atoms in total. The fraction of sp³-hybridized carbons (Fsp3) is 0.545. The number of carbonyl (C=O) groups is 1. The predicted molar refractivity (Wildman–Crippen MR) is 62.1 cm³/mol. The Bertz CT molecular complexity index is 314. The lowest BCUT2D eigenvalue weighted by Gasteiger charge is -2.33. The maximum atomic E-state index is 10.7. The summed E-state index contributed by atoms with van der Waals surface area (Å²) in [5.74, 6) is -0.776. The van der Waals surface area contributed by atoms with Gasteiger partial charge in [0.2, 0.25) is 0 Å². The quantitative estimate of drug-likeness (QED) is 0.859. The molecule has 0 aliphatic carbocycles. The van der Waals surface area contributed by atoms with Crippen molar-refractivity contribution in [3.8, 4) is 0 Å². The second-order valence-electron chi connectivity index (χ2n) is 4.50. The molecule has 84 valence electrons. The number of carboxylic acid groups (broad SMARTS) is 1. The molecule has 1 heterocycles. The molecule has 0 radical (unpaired) electrons. The normalized spacial score (nSPS) is 12.0. The highest BCUT2D eigenvalue weighted by Gasteiger charge is 2.23. The Balaban J connectivity index is 2.69. The van der Waals surface area contributed by atoms with Crippen LogP contribution in [0.4, 0.5) is 0 Å². The summed E-state index contributed by atoms with van der Waals surface area (Å²) >= 11 is 1.66. The van der Waals surface area contributed by atoms with E-state index in [1.54, 1.807) is 11.3 Å². The smallest absolute Gasteiger partial charge is 0.317 e. The van der Waals surface area contributed by atoms with E-state index in [0.29, 0.717) is 6.54 Å². The summed E-state index contributed by atoms with van der Waals surface area (Å²) in [6.07, 6.45) is 0. The maximum Gasteiger partial charge on any atom is 0.317 e. The van der Waals surface area contributed by atoms with Crippen molar-refractivity contribution in [2.75, 3.05) is 6.54 Å². The molecule has 0 aliphatic rings. The Morgan fingerprint density at radius 3 is 2.60 bits per heavy atom. The number of thiophene rings is 1. The molecular weight excluding hydrogens is 210 g/mol. The van der Waals surface area contributed by atoms with Crippen LogP contribution in [-0.2, 0) is 11.3 Å². The molecule has 4 heteroatoms. The third-order valence-electron chi connectivity index (χ3n) is 2.20. The van der Waals surface area contributed by atoms with Gasteiger partial charge in [-0.2, -0.15) is 0 Å². The Kier molecular flexibility index (Phi) is 3.88. The van der Waals surface area contributed by atoms with Gasteiger partial charge in [0.15, 0.2) is 0 Å². The average molecular weight is 227 g/mol. The molecule has 0 unspecified atom stereocenters. The van der Waals surface area contributed by atoms with Crippen LogP contribution in [0.25, 0.3) is 0 Å². The van der Waals surface area contributed by atoms with Gasteiger partial charge < -0.3 is 5.11 Å². The molecule has 1 rings (SSSR count). The molecule has 0 bridgehead atoms. The number of carboxylic acids is 1. The van der Waals surface area contributed by atoms with Crippen molar-refractivity contribution in [3.63, 3.8) is 0 Å². The summed E-state index contributed by atoms with van der Waals surface area (Å²) < 4.78 is 0. The lowest BCUT2D eigenvalue weighted by Crippen LogP contribution is -2.43. The van der Waals surface area contributed by atoms with Crippen molar-refractivity contribution in [2.24, 2.45) is 0 Å². The highest BCUT2D eigenvalue weighted by molar-refractivity contribution is 7.09. The Morgan fingerprint density at radius 1 is 1.53 bits per heavy atom. The summed E-state index contributed by atoms with van der Waals surface area (Å²) in [7, 11) is 0. The molecule has 1 aromatic rings. The molecule has 1 aromatic heterocycles. The second-order valence-corrected chi connectivity index (χ2v) is 5.53. The number of hydrogen-bond acceptors (Lipinski definition) is 3. The van der Waals surface area contributed by atoms with E-state index in [1.165, 1.54) is 4.88 Å². The van der Waals surface area contributed by atoms with Crippen LogP contribution in [0.5, 0.6) is 0 Å². The predicted octanol–water partition coefficient (Wildman–Crippen LogP) is 2.43. The minimum absolute atomic E-state index is 0.0847. The first-order valence-corrected chi connectivity index (χ1v) is 5.77. The fourth-order valence-corrected chi connectivity index (χ4v) is 2.00. The number of aliphatic carboxylic acids is 1. The summed E-state index contributed by atoms with van der Waals surface area (Å²) in [6.45, 7) is 6.88. The third-order valence-corrected chi connectivity index (χ3v) is 3.06. The van der Waals surface area contributed by atoms with Gasteiger partial charge in [0.1, 0.15) is 0 Å². The van der Waals surface area contributed by atoms with E-state index in [9.17, 15) is 4.79 Å². The fourth-order valence-electron chi connectivity index (χ4n) is 1.28. The van der Waals surface area contributed by atoms with Crippen molar-refractivity contribution in [1.29, 1.82) is 0 Å². The molecule has 0 amide bonds. The van der Waals surface area contributed by atoms with Crippen LogP contribution in [0.1, 0.15) is 25.6 Å². The Labute approximate surface area is 94.3 Å². The molecule has 15 heavy (non-hydrogen) atoms. The van der Waals surface area contributed by atoms with Gasteiger partial charge in [-0.05, 0) is 32.2 Å². The lowest BCUT2D eigenvalue weighted by molar-refractivity contribution is -0.139. The molecular formula is C11H17NO2S. The van der Waals surface area contributed by atoms with Crippen molar-refractivity contribution < 1.29 is 9.90 Å². The first kappa shape index (κ1) is 12.2. The molecule has 0 fully saturated rings. The molecule has 0 aromatic carbocycles. The standard InChI is InChI=1S/C11H17NO2S/c1-11(2,3)12(8-10(13)14)7-9-5-4-6-15-9/h4-6H,7-8H2,1-3H3,(H,13,14). The highest BCUT2D eigenvalue weighted by atomic mass is 32.1. The van der Waals surface area contributed by atoms with Crippen LogP contribution in [-0.4, -0.2) is 28.1 Å².